The van der Waals surface area contributed by atoms with Crippen molar-refractivity contribution in [3.63, 3.8) is 0 Å². The van der Waals surface area contributed by atoms with Crippen molar-refractivity contribution in [2.75, 3.05) is 13.1 Å². The molecule has 0 saturated carbocycles. The summed E-state index contributed by atoms with van der Waals surface area (Å²) in [6, 6.07) is 14.0. The molecule has 5 nitrogen and oxygen atoms in total. The summed E-state index contributed by atoms with van der Waals surface area (Å²) in [4.78, 5) is 13.0. The van der Waals surface area contributed by atoms with Crippen molar-refractivity contribution >= 4 is 15.7 Å². The van der Waals surface area contributed by atoms with Crippen molar-refractivity contribution < 1.29 is 13.2 Å². The van der Waals surface area contributed by atoms with Crippen molar-refractivity contribution in [2.45, 2.75) is 53.9 Å². The van der Waals surface area contributed by atoms with Gasteiger partial charge in [-0.15, -0.1) is 0 Å². The number of benzene rings is 2. The van der Waals surface area contributed by atoms with Gasteiger partial charge in [0.05, 0.1) is 15.8 Å². The van der Waals surface area contributed by atoms with Crippen LogP contribution in [0.3, 0.4) is 0 Å². The second kappa shape index (κ2) is 8.05. The van der Waals surface area contributed by atoms with Gasteiger partial charge >= 0.3 is 0 Å². The van der Waals surface area contributed by atoms with Crippen molar-refractivity contribution in [2.24, 2.45) is 0 Å². The van der Waals surface area contributed by atoms with Crippen molar-refractivity contribution in [1.29, 1.82) is 0 Å². The van der Waals surface area contributed by atoms with Crippen LogP contribution in [0.25, 0.3) is 0 Å². The van der Waals surface area contributed by atoms with E-state index in [-0.39, 0.29) is 17.9 Å². The fraction of sp³-hybridized carbons (Fsp3) is 0.409. The van der Waals surface area contributed by atoms with Gasteiger partial charge in [-0.1, -0.05) is 24.3 Å². The summed E-state index contributed by atoms with van der Waals surface area (Å²) in [6.07, 6.45) is 4.83. The highest BCUT2D eigenvalue weighted by Crippen LogP contribution is 2.34. The summed E-state index contributed by atoms with van der Waals surface area (Å²) in [7, 11) is -3.50. The molecule has 148 valence electrons. The van der Waals surface area contributed by atoms with Gasteiger partial charge < -0.3 is 10.6 Å². The van der Waals surface area contributed by atoms with E-state index in [2.05, 4.69) is 10.6 Å². The molecule has 1 aliphatic carbocycles. The molecule has 2 aromatic carbocycles. The van der Waals surface area contributed by atoms with Crippen LogP contribution in [0, 0.1) is 0 Å². The van der Waals surface area contributed by atoms with Crippen LogP contribution in [0.2, 0.25) is 0 Å². The molecule has 0 spiro atoms. The van der Waals surface area contributed by atoms with E-state index in [4.69, 9.17) is 0 Å². The van der Waals surface area contributed by atoms with E-state index in [1.165, 1.54) is 0 Å². The van der Waals surface area contributed by atoms with Crippen LogP contribution in [0.5, 0.6) is 0 Å². The topological polar surface area (TPSA) is 75.3 Å². The second-order valence-corrected chi connectivity index (χ2v) is 9.61. The summed E-state index contributed by atoms with van der Waals surface area (Å²) < 4.78 is 25.8. The van der Waals surface area contributed by atoms with Crippen LogP contribution >= 0.6 is 0 Å². The molecule has 1 heterocycles. The third kappa shape index (κ3) is 3.84. The van der Waals surface area contributed by atoms with Gasteiger partial charge in [-0.3, -0.25) is 4.79 Å². The molecule has 1 fully saturated rings. The van der Waals surface area contributed by atoms with Crippen LogP contribution in [0.15, 0.2) is 58.3 Å². The number of sulfone groups is 1. The first-order chi connectivity index (χ1) is 13.6. The Balaban J connectivity index is 1.52. The van der Waals surface area contributed by atoms with Crippen molar-refractivity contribution in [3.05, 3.63) is 59.7 Å². The Morgan fingerprint density at radius 3 is 2.61 bits per heavy atom. The van der Waals surface area contributed by atoms with Crippen LogP contribution in [0.4, 0.5) is 0 Å². The average Bonchev–Trinajstić information content (AvgIpc) is 3.27. The minimum absolute atomic E-state index is 0.0681. The lowest BCUT2D eigenvalue weighted by atomic mass is 9.83. The Kier molecular flexibility index (Phi) is 5.51. The van der Waals surface area contributed by atoms with E-state index in [0.29, 0.717) is 16.3 Å². The molecule has 0 bridgehead atoms. The van der Waals surface area contributed by atoms with Crippen molar-refractivity contribution in [3.8, 4) is 0 Å². The van der Waals surface area contributed by atoms with E-state index in [1.54, 1.807) is 30.3 Å². The standard InChI is InChI=1S/C22H26N2O3S/c25-22(21-10-5-13-23-21)24-15-17-7-4-6-16-14-19(11-12-20(16)17)28(26,27)18-8-2-1-3-9-18/h1-3,8-9,11-12,14,17,21,23H,4-7,10,13,15H2,(H,24,25)/t17-,21+/m0/s1. The third-order valence-electron chi connectivity index (χ3n) is 5.82. The monoisotopic (exact) mass is 398 g/mol. The van der Waals surface area contributed by atoms with Crippen molar-refractivity contribution in [1.82, 2.24) is 10.6 Å². The number of amides is 1. The molecule has 2 N–H and O–H groups in total. The van der Waals surface area contributed by atoms with Gasteiger partial charge in [0.1, 0.15) is 0 Å². The first-order valence-corrected chi connectivity index (χ1v) is 11.5. The predicted octanol–water partition coefficient (Wildman–Crippen LogP) is 2.81. The quantitative estimate of drug-likeness (QED) is 0.812. The molecule has 1 amide bonds. The minimum atomic E-state index is -3.50. The second-order valence-electron chi connectivity index (χ2n) is 7.66. The van der Waals surface area contributed by atoms with E-state index in [0.717, 1.165) is 49.8 Å². The highest BCUT2D eigenvalue weighted by atomic mass is 32.2. The first kappa shape index (κ1) is 19.2. The molecular weight excluding hydrogens is 372 g/mol. The van der Waals surface area contributed by atoms with E-state index < -0.39 is 9.84 Å². The van der Waals surface area contributed by atoms with Crippen LogP contribution in [-0.4, -0.2) is 33.5 Å². The maximum Gasteiger partial charge on any atom is 0.237 e. The number of carbonyl (C=O) groups excluding carboxylic acids is 1. The fourth-order valence-corrected chi connectivity index (χ4v) is 5.59. The molecule has 2 aliphatic rings. The number of aryl methyl sites for hydroxylation is 1. The Hall–Kier alpha value is -2.18. The number of hydrogen-bond acceptors (Lipinski definition) is 4. The maximum absolute atomic E-state index is 12.9. The molecule has 1 saturated heterocycles. The Morgan fingerprint density at radius 1 is 1.04 bits per heavy atom. The molecule has 1 aliphatic heterocycles. The number of fused-ring (bicyclic) bond motifs is 1. The summed E-state index contributed by atoms with van der Waals surface area (Å²) >= 11 is 0. The summed E-state index contributed by atoms with van der Waals surface area (Å²) in [6.45, 7) is 1.51. The summed E-state index contributed by atoms with van der Waals surface area (Å²) in [5, 5.41) is 6.31. The molecule has 6 heteroatoms. The van der Waals surface area contributed by atoms with Gasteiger partial charge in [-0.05, 0) is 74.0 Å². The van der Waals surface area contributed by atoms with Gasteiger partial charge in [0.15, 0.2) is 0 Å². The predicted molar refractivity (Wildman–Crippen MR) is 108 cm³/mol. The lowest BCUT2D eigenvalue weighted by molar-refractivity contribution is -0.122. The Morgan fingerprint density at radius 2 is 1.86 bits per heavy atom. The molecular formula is C22H26N2O3S. The van der Waals surface area contributed by atoms with Gasteiger partial charge in [-0.2, -0.15) is 0 Å². The zero-order valence-electron chi connectivity index (χ0n) is 15.9. The highest BCUT2D eigenvalue weighted by molar-refractivity contribution is 7.91. The third-order valence-corrected chi connectivity index (χ3v) is 7.58. The SMILES string of the molecule is O=C(NC[C@@H]1CCCc2cc(S(=O)(=O)c3ccccc3)ccc21)[C@H]1CCCN1. The smallest absolute Gasteiger partial charge is 0.237 e. The lowest BCUT2D eigenvalue weighted by Gasteiger charge is -2.27. The van der Waals surface area contributed by atoms with Crippen LogP contribution < -0.4 is 10.6 Å². The summed E-state index contributed by atoms with van der Waals surface area (Å²) in [5.41, 5.74) is 2.25. The molecule has 0 aromatic heterocycles. The average molecular weight is 399 g/mol. The number of hydrogen-bond donors (Lipinski definition) is 2. The van der Waals surface area contributed by atoms with Gasteiger partial charge in [0, 0.05) is 12.5 Å². The molecule has 4 rings (SSSR count). The fourth-order valence-electron chi connectivity index (χ4n) is 4.26. The zero-order valence-corrected chi connectivity index (χ0v) is 16.7. The van der Waals surface area contributed by atoms with Crippen LogP contribution in [0.1, 0.15) is 42.7 Å². The Bertz CT molecular complexity index is 951. The van der Waals surface area contributed by atoms with E-state index in [1.807, 2.05) is 18.2 Å². The molecule has 28 heavy (non-hydrogen) atoms. The normalized spacial score (nSPS) is 21.9. The van der Waals surface area contributed by atoms with Gasteiger partial charge in [-0.25, -0.2) is 8.42 Å². The van der Waals surface area contributed by atoms with E-state index >= 15 is 0 Å². The van der Waals surface area contributed by atoms with Crippen LogP contribution in [-0.2, 0) is 21.1 Å². The Labute approximate surface area is 166 Å². The maximum atomic E-state index is 12.9. The minimum Gasteiger partial charge on any atom is -0.354 e. The largest absolute Gasteiger partial charge is 0.354 e. The lowest BCUT2D eigenvalue weighted by Crippen LogP contribution is -2.42. The van der Waals surface area contributed by atoms with Gasteiger partial charge in [0.2, 0.25) is 15.7 Å². The molecule has 0 radical (unpaired) electrons. The highest BCUT2D eigenvalue weighted by Gasteiger charge is 2.26. The zero-order chi connectivity index (χ0) is 19.6. The number of nitrogens with one attached hydrogen (secondary N) is 2. The number of carbonyl (C=O) groups is 1. The number of rotatable bonds is 5. The molecule has 0 unspecified atom stereocenters. The summed E-state index contributed by atoms with van der Waals surface area (Å²) in [5.74, 6) is 0.315. The first-order valence-electron chi connectivity index (χ1n) is 10.00. The van der Waals surface area contributed by atoms with Gasteiger partial charge in [0.25, 0.3) is 0 Å². The van der Waals surface area contributed by atoms with E-state index in [9.17, 15) is 13.2 Å². The molecule has 2 atom stereocenters. The molecule has 2 aromatic rings.